The van der Waals surface area contributed by atoms with Crippen LogP contribution in [-0.4, -0.2) is 35.0 Å². The minimum Gasteiger partial charge on any atom is -0.312 e. The maximum atomic E-state index is 11.5. The molecule has 0 bridgehead atoms. The van der Waals surface area contributed by atoms with Crippen molar-refractivity contribution in [2.75, 3.05) is 6.26 Å². The van der Waals surface area contributed by atoms with Crippen molar-refractivity contribution in [2.45, 2.75) is 44.4 Å². The van der Waals surface area contributed by atoms with Crippen LogP contribution in [0.25, 0.3) is 11.2 Å². The predicted molar refractivity (Wildman–Crippen MR) is 83.6 cm³/mol. The molecule has 3 atom stereocenters. The third-order valence-electron chi connectivity index (χ3n) is 3.60. The van der Waals surface area contributed by atoms with Gasteiger partial charge < -0.3 is 4.57 Å². The normalized spacial score (nSPS) is 16.5. The summed E-state index contributed by atoms with van der Waals surface area (Å²) in [4.78, 5) is 4.63. The van der Waals surface area contributed by atoms with Gasteiger partial charge in [-0.2, -0.15) is 5.10 Å². The van der Waals surface area contributed by atoms with Crippen molar-refractivity contribution in [1.82, 2.24) is 19.3 Å². The molecule has 0 radical (unpaired) electrons. The second kappa shape index (κ2) is 5.85. The van der Waals surface area contributed by atoms with E-state index in [0.29, 0.717) is 0 Å². The molecule has 0 N–H and O–H groups in total. The van der Waals surface area contributed by atoms with Crippen molar-refractivity contribution >= 4 is 33.6 Å². The largest absolute Gasteiger partial charge is 0.312 e. The topological polar surface area (TPSA) is 52.7 Å². The summed E-state index contributed by atoms with van der Waals surface area (Å²) in [6, 6.07) is 0. The van der Waals surface area contributed by atoms with Gasteiger partial charge in [-0.15, -0.1) is 11.6 Å². The van der Waals surface area contributed by atoms with Crippen LogP contribution in [0.4, 0.5) is 0 Å². The van der Waals surface area contributed by atoms with Crippen LogP contribution < -0.4 is 0 Å². The summed E-state index contributed by atoms with van der Waals surface area (Å²) in [5.41, 5.74) is 2.80. The Morgan fingerprint density at radius 2 is 2.05 bits per heavy atom. The van der Waals surface area contributed by atoms with Crippen LogP contribution in [0.1, 0.15) is 37.2 Å². The summed E-state index contributed by atoms with van der Waals surface area (Å²) in [7, 11) is 1.10. The molecule has 7 heteroatoms. The van der Waals surface area contributed by atoms with E-state index in [0.717, 1.165) is 35.6 Å². The molecule has 0 amide bonds. The highest BCUT2D eigenvalue weighted by Gasteiger charge is 2.20. The second-order valence-corrected chi connectivity index (χ2v) is 7.67. The summed E-state index contributed by atoms with van der Waals surface area (Å²) in [5, 5.41) is 4.39. The molecule has 2 aromatic heterocycles. The number of alkyl halides is 1. The Labute approximate surface area is 126 Å². The van der Waals surface area contributed by atoms with Crippen LogP contribution in [0.5, 0.6) is 0 Å². The van der Waals surface area contributed by atoms with Crippen LogP contribution in [0, 0.1) is 6.92 Å². The van der Waals surface area contributed by atoms with Gasteiger partial charge in [-0.3, -0.25) is 8.89 Å². The molecule has 0 aliphatic carbocycles. The zero-order valence-electron chi connectivity index (χ0n) is 12.6. The van der Waals surface area contributed by atoms with Crippen LogP contribution in [0.3, 0.4) is 0 Å². The van der Waals surface area contributed by atoms with Crippen molar-refractivity contribution in [3.05, 3.63) is 11.5 Å². The van der Waals surface area contributed by atoms with Crippen molar-refractivity contribution in [1.29, 1.82) is 0 Å². The number of hydrogen-bond donors (Lipinski definition) is 0. The van der Waals surface area contributed by atoms with Gasteiger partial charge in [0, 0.05) is 35.9 Å². The number of nitrogens with zero attached hydrogens (tertiary/aromatic N) is 4. The Hall–Kier alpha value is -0.880. The third-order valence-corrected chi connectivity index (χ3v) is 5.17. The summed E-state index contributed by atoms with van der Waals surface area (Å²) in [6.45, 7) is 6.63. The Bertz CT molecular complexity index is 646. The van der Waals surface area contributed by atoms with Crippen molar-refractivity contribution in [3.63, 3.8) is 0 Å². The molecule has 0 aromatic carbocycles. The molecule has 2 rings (SSSR count). The lowest BCUT2D eigenvalue weighted by Crippen LogP contribution is -2.15. The van der Waals surface area contributed by atoms with Crippen LogP contribution in [0.15, 0.2) is 0 Å². The number of halogens is 1. The van der Waals surface area contributed by atoms with Crippen LogP contribution in [-0.2, 0) is 24.4 Å². The second-order valence-electron chi connectivity index (χ2n) is 5.22. The van der Waals surface area contributed by atoms with E-state index in [-0.39, 0.29) is 10.6 Å². The van der Waals surface area contributed by atoms with Gasteiger partial charge in [0.25, 0.3) is 0 Å². The molecule has 2 heterocycles. The van der Waals surface area contributed by atoms with E-state index in [9.17, 15) is 4.21 Å². The number of rotatable bonds is 5. The Kier molecular flexibility index (Phi) is 4.54. The lowest BCUT2D eigenvalue weighted by Gasteiger charge is -2.13. The van der Waals surface area contributed by atoms with Crippen LogP contribution in [0.2, 0.25) is 0 Å². The summed E-state index contributed by atoms with van der Waals surface area (Å²) >= 11 is 6.25. The van der Waals surface area contributed by atoms with Crippen LogP contribution >= 0.6 is 11.6 Å². The molecule has 0 fully saturated rings. The molecular weight excluding hydrogens is 296 g/mol. The summed E-state index contributed by atoms with van der Waals surface area (Å²) in [5.74, 6) is 0.854. The van der Waals surface area contributed by atoms with Crippen molar-refractivity contribution in [3.8, 4) is 0 Å². The van der Waals surface area contributed by atoms with E-state index in [1.807, 2.05) is 32.5 Å². The van der Waals surface area contributed by atoms with Gasteiger partial charge in [0.05, 0.1) is 11.1 Å². The van der Waals surface area contributed by atoms with E-state index >= 15 is 0 Å². The van der Waals surface area contributed by atoms with Crippen molar-refractivity contribution < 1.29 is 4.21 Å². The van der Waals surface area contributed by atoms with Gasteiger partial charge in [0.2, 0.25) is 0 Å². The first-order valence-electron chi connectivity index (χ1n) is 6.69. The Morgan fingerprint density at radius 1 is 1.40 bits per heavy atom. The van der Waals surface area contributed by atoms with E-state index in [1.165, 1.54) is 0 Å². The maximum absolute atomic E-state index is 11.5. The number of hydrogen-bond acceptors (Lipinski definition) is 3. The van der Waals surface area contributed by atoms with E-state index in [2.05, 4.69) is 14.6 Å². The van der Waals surface area contributed by atoms with Gasteiger partial charge >= 0.3 is 0 Å². The highest BCUT2D eigenvalue weighted by molar-refractivity contribution is 7.84. The van der Waals surface area contributed by atoms with Gasteiger partial charge in [-0.1, -0.05) is 6.92 Å². The zero-order valence-corrected chi connectivity index (χ0v) is 14.1. The lowest BCUT2D eigenvalue weighted by molar-refractivity contribution is 0.592. The smallest absolute Gasteiger partial charge is 0.158 e. The molecule has 2 aromatic rings. The van der Waals surface area contributed by atoms with Gasteiger partial charge in [-0.25, -0.2) is 4.98 Å². The predicted octanol–water partition coefficient (Wildman–Crippen LogP) is 2.54. The molecule has 5 nitrogen and oxygen atoms in total. The van der Waals surface area contributed by atoms with E-state index < -0.39 is 10.8 Å². The number of aryl methyl sites for hydroxylation is 3. The van der Waals surface area contributed by atoms with Gasteiger partial charge in [-0.05, 0) is 20.3 Å². The average Bonchev–Trinajstić information content (AvgIpc) is 2.86. The minimum atomic E-state index is -0.812. The lowest BCUT2D eigenvalue weighted by atomic mass is 10.3. The fraction of sp³-hybridized carbons (Fsp3) is 0.692. The van der Waals surface area contributed by atoms with Gasteiger partial charge in [0.1, 0.15) is 11.3 Å². The Morgan fingerprint density at radius 3 is 2.60 bits per heavy atom. The van der Waals surface area contributed by atoms with E-state index in [1.54, 1.807) is 6.26 Å². The van der Waals surface area contributed by atoms with Crippen molar-refractivity contribution in [2.24, 2.45) is 7.05 Å². The Balaban J connectivity index is 2.43. The fourth-order valence-electron chi connectivity index (χ4n) is 2.35. The molecule has 112 valence electrons. The molecule has 0 saturated heterocycles. The first-order chi connectivity index (χ1) is 9.32. The summed E-state index contributed by atoms with van der Waals surface area (Å²) < 4.78 is 15.4. The van der Waals surface area contributed by atoms with E-state index in [4.69, 9.17) is 11.6 Å². The molecular formula is C13H21ClN4OS. The molecule has 3 unspecified atom stereocenters. The standard InChI is InChI=1S/C13H21ClN4OS/c1-8(20(5)19)6-7-18-12(9(2)14)15-11-10(3)16-17(4)13(11)18/h8-9H,6-7H2,1-5H3. The molecule has 0 aliphatic rings. The minimum absolute atomic E-state index is 0.153. The molecule has 0 saturated carbocycles. The number of fused-ring (bicyclic) bond motifs is 1. The zero-order chi connectivity index (χ0) is 15.0. The maximum Gasteiger partial charge on any atom is 0.158 e. The monoisotopic (exact) mass is 316 g/mol. The highest BCUT2D eigenvalue weighted by atomic mass is 35.5. The third kappa shape index (κ3) is 2.76. The molecule has 0 aliphatic heterocycles. The average molecular weight is 317 g/mol. The van der Waals surface area contributed by atoms with Gasteiger partial charge in [0.15, 0.2) is 5.65 Å². The molecule has 0 spiro atoms. The summed E-state index contributed by atoms with van der Waals surface area (Å²) in [6.07, 6.45) is 2.57. The first kappa shape index (κ1) is 15.5. The fourth-order valence-corrected chi connectivity index (χ4v) is 2.96. The number of aromatic nitrogens is 4. The molecule has 20 heavy (non-hydrogen) atoms. The highest BCUT2D eigenvalue weighted by Crippen LogP contribution is 2.26. The quantitative estimate of drug-likeness (QED) is 0.797. The first-order valence-corrected chi connectivity index (χ1v) is 8.74. The SMILES string of the molecule is Cc1nn(C)c2c1nc(C(C)Cl)n2CCC(C)S(C)=O. The number of imidazole rings is 1.